The molecule has 0 bridgehead atoms. The Hall–Kier alpha value is -3.02. The van der Waals surface area contributed by atoms with Crippen LogP contribution >= 0.6 is 11.6 Å². The van der Waals surface area contributed by atoms with Gasteiger partial charge in [0.25, 0.3) is 0 Å². The molecule has 2 N–H and O–H groups in total. The molecule has 5 nitrogen and oxygen atoms in total. The number of aliphatic hydroxyl groups is 1. The maximum absolute atomic E-state index is 11.7. The maximum Gasteiger partial charge on any atom is 0.343 e. The summed E-state index contributed by atoms with van der Waals surface area (Å²) in [5.74, 6) is 2.83. The monoisotopic (exact) mass is 548 g/mol. The summed E-state index contributed by atoms with van der Waals surface area (Å²) in [4.78, 5) is 11.7. The van der Waals surface area contributed by atoms with E-state index in [1.54, 1.807) is 36.9 Å². The Morgan fingerprint density at radius 1 is 0.974 bits per heavy atom. The number of aromatic hydroxyl groups is 1. The van der Waals surface area contributed by atoms with Crippen molar-refractivity contribution < 1.29 is 24.5 Å². The van der Waals surface area contributed by atoms with E-state index >= 15 is 0 Å². The summed E-state index contributed by atoms with van der Waals surface area (Å²) in [5, 5.41) is 20.1. The number of aliphatic hydroxyl groups excluding tert-OH is 1. The number of phenolic OH excluding ortho intramolecular Hbond substituents is 1. The summed E-state index contributed by atoms with van der Waals surface area (Å²) in [5.41, 5.74) is 3.71. The number of carbonyl (C=O) groups is 1. The summed E-state index contributed by atoms with van der Waals surface area (Å²) >= 11 is 5.64. The van der Waals surface area contributed by atoms with Crippen LogP contribution in [0, 0.1) is 17.3 Å². The summed E-state index contributed by atoms with van der Waals surface area (Å²) < 4.78 is 10.5. The van der Waals surface area contributed by atoms with Gasteiger partial charge in [0.15, 0.2) is 0 Å². The summed E-state index contributed by atoms with van der Waals surface area (Å²) in [6.45, 7) is 2.35. The Morgan fingerprint density at radius 3 is 2.49 bits per heavy atom. The second kappa shape index (κ2) is 11.6. The molecule has 0 spiro atoms. The zero-order chi connectivity index (χ0) is 27.6. The van der Waals surface area contributed by atoms with Crippen LogP contribution in [0.15, 0.2) is 66.7 Å². The zero-order valence-electron chi connectivity index (χ0n) is 22.6. The van der Waals surface area contributed by atoms with Crippen molar-refractivity contribution in [3.8, 4) is 17.2 Å². The van der Waals surface area contributed by atoms with Crippen molar-refractivity contribution in [1.29, 1.82) is 0 Å². The Morgan fingerprint density at radius 2 is 1.74 bits per heavy atom. The lowest BCUT2D eigenvalue weighted by molar-refractivity contribution is -0.0201. The average Bonchev–Trinajstić information content (AvgIpc) is 3.13. The molecule has 6 rings (SSSR count). The van der Waals surface area contributed by atoms with Gasteiger partial charge in [-0.2, -0.15) is 0 Å². The molecule has 0 aliphatic heterocycles. The van der Waals surface area contributed by atoms with Crippen molar-refractivity contribution in [1.82, 2.24) is 0 Å². The number of aryl methyl sites for hydroxylation is 1. The first-order valence-electron chi connectivity index (χ1n) is 13.9. The van der Waals surface area contributed by atoms with E-state index in [1.807, 2.05) is 6.07 Å². The van der Waals surface area contributed by atoms with Crippen LogP contribution in [-0.2, 0) is 6.42 Å². The lowest BCUT2D eigenvalue weighted by Crippen LogP contribution is -2.42. The molecule has 0 heterocycles. The molecule has 3 aromatic rings. The molecule has 0 saturated heterocycles. The highest BCUT2D eigenvalue weighted by Crippen LogP contribution is 2.60. The molecular formula is C33H37ClO5. The Kier molecular flexibility index (Phi) is 8.20. The van der Waals surface area contributed by atoms with Gasteiger partial charge in [-0.15, -0.1) is 0 Å². The van der Waals surface area contributed by atoms with E-state index in [0.717, 1.165) is 18.1 Å². The van der Waals surface area contributed by atoms with Gasteiger partial charge in [-0.3, -0.25) is 0 Å². The van der Waals surface area contributed by atoms with Crippen molar-refractivity contribution in [2.24, 2.45) is 17.3 Å². The largest absolute Gasteiger partial charge is 0.506 e. The first kappa shape index (κ1) is 27.5. The van der Waals surface area contributed by atoms with E-state index in [9.17, 15) is 15.0 Å². The predicted octanol–water partition coefficient (Wildman–Crippen LogP) is 7.57. The average molecular weight is 549 g/mol. The second-order valence-electron chi connectivity index (χ2n) is 11.3. The number of ether oxygens (including phenoxy) is 2. The minimum Gasteiger partial charge on any atom is -0.506 e. The lowest BCUT2D eigenvalue weighted by atomic mass is 9.58. The van der Waals surface area contributed by atoms with E-state index in [0.29, 0.717) is 17.4 Å². The molecule has 0 radical (unpaired) electrons. The highest BCUT2D eigenvalue weighted by atomic mass is 35.5. The number of hydrogen-bond acceptors (Lipinski definition) is 5. The fourth-order valence-electron chi connectivity index (χ4n) is 7.16. The van der Waals surface area contributed by atoms with Gasteiger partial charge in [-0.1, -0.05) is 42.8 Å². The van der Waals surface area contributed by atoms with Gasteiger partial charge < -0.3 is 19.7 Å². The first-order chi connectivity index (χ1) is 18.8. The molecule has 3 aliphatic carbocycles. The molecule has 3 aromatic carbocycles. The number of methoxy groups -OCH3 is 1. The Bertz CT molecular complexity index is 1310. The number of rotatable bonds is 3. The van der Waals surface area contributed by atoms with Gasteiger partial charge in [0.2, 0.25) is 0 Å². The number of benzene rings is 3. The third-order valence-electron chi connectivity index (χ3n) is 9.26. The molecule has 2 saturated carbocycles. The van der Waals surface area contributed by atoms with Crippen LogP contribution in [0.5, 0.6) is 17.2 Å². The van der Waals surface area contributed by atoms with Crippen molar-refractivity contribution in [2.75, 3.05) is 7.11 Å². The molecule has 5 unspecified atom stereocenters. The van der Waals surface area contributed by atoms with Crippen LogP contribution in [0.3, 0.4) is 0 Å². The number of halogens is 1. The van der Waals surface area contributed by atoms with Gasteiger partial charge in [0.05, 0.1) is 23.8 Å². The van der Waals surface area contributed by atoms with Crippen LogP contribution in [0.4, 0.5) is 0 Å². The number of carbonyl (C=O) groups excluding carboxylic acids is 1. The first-order valence-corrected chi connectivity index (χ1v) is 14.3. The minimum absolute atomic E-state index is 0.0722. The van der Waals surface area contributed by atoms with Crippen molar-refractivity contribution in [3.63, 3.8) is 0 Å². The smallest absolute Gasteiger partial charge is 0.343 e. The summed E-state index contributed by atoms with van der Waals surface area (Å²) in [6.07, 6.45) is 8.39. The number of hydrogen-bond donors (Lipinski definition) is 2. The van der Waals surface area contributed by atoms with E-state index in [-0.39, 0.29) is 28.0 Å². The van der Waals surface area contributed by atoms with Crippen molar-refractivity contribution in [3.05, 3.63) is 88.4 Å². The quantitative estimate of drug-likeness (QED) is 0.261. The number of fused-ring (bicyclic) bond motifs is 5. The standard InChI is InChI=1S/C20H28O2.C13H9ClO3/c1-20-11-10-16-15-7-6-14(22-2)12-13(15)4-3-5-17(16)18(20)8-9-19(20)21;14-11-7-6-10(8-12(11)15)17-13(16)9-4-2-1-3-5-9/h6-7,12,16-19,21H,3-5,8-11H2,1-2H3;1-8,15H. The molecule has 39 heavy (non-hydrogen) atoms. The van der Waals surface area contributed by atoms with E-state index in [4.69, 9.17) is 21.1 Å². The second-order valence-corrected chi connectivity index (χ2v) is 11.7. The predicted molar refractivity (Wildman–Crippen MR) is 153 cm³/mol. The van der Waals surface area contributed by atoms with Gasteiger partial charge in [-0.25, -0.2) is 4.79 Å². The van der Waals surface area contributed by atoms with E-state index in [1.165, 1.54) is 62.3 Å². The molecule has 6 heteroatoms. The van der Waals surface area contributed by atoms with Crippen LogP contribution in [0.25, 0.3) is 0 Å². The topological polar surface area (TPSA) is 76.0 Å². The van der Waals surface area contributed by atoms with Crippen LogP contribution < -0.4 is 9.47 Å². The molecule has 3 aliphatic rings. The number of esters is 1. The molecule has 2 fully saturated rings. The molecule has 0 amide bonds. The van der Waals surface area contributed by atoms with Gasteiger partial charge in [0.1, 0.15) is 17.2 Å². The molecule has 206 valence electrons. The van der Waals surface area contributed by atoms with Gasteiger partial charge in [-0.05, 0) is 116 Å². The summed E-state index contributed by atoms with van der Waals surface area (Å²) in [7, 11) is 1.76. The Balaban J connectivity index is 0.000000164. The van der Waals surface area contributed by atoms with Gasteiger partial charge >= 0.3 is 5.97 Å². The summed E-state index contributed by atoms with van der Waals surface area (Å²) in [6, 6.07) is 19.6. The third-order valence-corrected chi connectivity index (χ3v) is 9.58. The molecular weight excluding hydrogens is 512 g/mol. The third kappa shape index (κ3) is 5.66. The minimum atomic E-state index is -0.479. The molecule has 0 aromatic heterocycles. The number of phenols is 1. The van der Waals surface area contributed by atoms with E-state index < -0.39 is 5.97 Å². The highest BCUT2D eigenvalue weighted by molar-refractivity contribution is 6.32. The fraction of sp³-hybridized carbons (Fsp3) is 0.424. The van der Waals surface area contributed by atoms with Crippen molar-refractivity contribution >= 4 is 17.6 Å². The van der Waals surface area contributed by atoms with E-state index in [2.05, 4.69) is 25.1 Å². The van der Waals surface area contributed by atoms with Crippen molar-refractivity contribution in [2.45, 2.75) is 63.9 Å². The SMILES string of the molecule is COc1ccc2c(c1)CCCC1C2CCC2(C)C(O)CCC12.O=C(Oc1ccc(Cl)c(O)c1)c1ccccc1. The zero-order valence-corrected chi connectivity index (χ0v) is 23.4. The maximum atomic E-state index is 11.7. The lowest BCUT2D eigenvalue weighted by Gasteiger charge is -2.47. The Labute approximate surface area is 235 Å². The van der Waals surface area contributed by atoms with Crippen LogP contribution in [0.1, 0.15) is 72.9 Å². The van der Waals surface area contributed by atoms with Gasteiger partial charge in [0, 0.05) is 6.07 Å². The fourth-order valence-corrected chi connectivity index (χ4v) is 7.28. The van der Waals surface area contributed by atoms with Crippen LogP contribution in [0.2, 0.25) is 5.02 Å². The molecule has 5 atom stereocenters. The van der Waals surface area contributed by atoms with Crippen LogP contribution in [-0.4, -0.2) is 29.4 Å². The normalized spacial score (nSPS) is 27.1. The highest BCUT2D eigenvalue weighted by Gasteiger charge is 2.53.